The summed E-state index contributed by atoms with van der Waals surface area (Å²) in [7, 11) is 0. The van der Waals surface area contributed by atoms with Gasteiger partial charge in [0.15, 0.2) is 0 Å². The molecule has 2 N–H and O–H groups in total. The molecule has 0 aromatic heterocycles. The molecule has 1 saturated carbocycles. The van der Waals surface area contributed by atoms with E-state index in [0.717, 1.165) is 45.0 Å². The van der Waals surface area contributed by atoms with Crippen molar-refractivity contribution >= 4 is 49.4 Å². The first-order valence-corrected chi connectivity index (χ1v) is 10.7. The summed E-state index contributed by atoms with van der Waals surface area (Å²) in [5, 5.41) is 11.8. The van der Waals surface area contributed by atoms with E-state index in [1.807, 2.05) is 36.4 Å². The number of carboxylic acid groups (broad SMARTS) is 1. The summed E-state index contributed by atoms with van der Waals surface area (Å²) < 4.78 is 7.47. The fraction of sp³-hybridized carbons (Fsp3) is 0.333. The Hall–Kier alpha value is -1.86. The van der Waals surface area contributed by atoms with Crippen LogP contribution in [0, 0.1) is 5.92 Å². The SMILES string of the molecule is O=C(O)CCc1cc(Br)c(OCc2cccc(NC(=O)C3CCC3)c2)c(Br)c1. The monoisotopic (exact) mass is 509 g/mol. The molecule has 1 fully saturated rings. The van der Waals surface area contributed by atoms with E-state index in [4.69, 9.17) is 9.84 Å². The number of anilines is 1. The zero-order valence-corrected chi connectivity index (χ0v) is 18.4. The van der Waals surface area contributed by atoms with Crippen LogP contribution in [0.5, 0.6) is 5.75 Å². The third kappa shape index (κ3) is 5.58. The van der Waals surface area contributed by atoms with Gasteiger partial charge in [-0.15, -0.1) is 0 Å². The van der Waals surface area contributed by atoms with E-state index < -0.39 is 5.97 Å². The second kappa shape index (κ2) is 9.56. The van der Waals surface area contributed by atoms with E-state index in [1.54, 1.807) is 0 Å². The number of aryl methyl sites for hydroxylation is 1. The van der Waals surface area contributed by atoms with E-state index in [0.29, 0.717) is 18.8 Å². The molecule has 0 saturated heterocycles. The molecule has 0 aliphatic heterocycles. The number of hydrogen-bond acceptors (Lipinski definition) is 3. The Morgan fingerprint density at radius 3 is 2.43 bits per heavy atom. The Kier molecular flexibility index (Phi) is 7.13. The summed E-state index contributed by atoms with van der Waals surface area (Å²) in [5.74, 6) is 0.0676. The normalized spacial score (nSPS) is 13.6. The highest BCUT2D eigenvalue weighted by Gasteiger charge is 2.25. The first-order chi connectivity index (χ1) is 13.4. The summed E-state index contributed by atoms with van der Waals surface area (Å²) in [6, 6.07) is 11.4. The molecule has 3 rings (SSSR count). The number of benzene rings is 2. The molecule has 1 aliphatic carbocycles. The van der Waals surface area contributed by atoms with Gasteiger partial charge in [0, 0.05) is 18.0 Å². The maximum absolute atomic E-state index is 12.1. The van der Waals surface area contributed by atoms with Crippen LogP contribution < -0.4 is 10.1 Å². The Bertz CT molecular complexity index is 857. The number of nitrogens with one attached hydrogen (secondary N) is 1. The number of carbonyl (C=O) groups is 2. The van der Waals surface area contributed by atoms with Gasteiger partial charge in [-0.05, 0) is 86.5 Å². The molecule has 5 nitrogen and oxygen atoms in total. The van der Waals surface area contributed by atoms with Crippen molar-refractivity contribution in [2.24, 2.45) is 5.92 Å². The van der Waals surface area contributed by atoms with Crippen LogP contribution in [0.4, 0.5) is 5.69 Å². The minimum atomic E-state index is -0.822. The predicted molar refractivity (Wildman–Crippen MR) is 115 cm³/mol. The third-order valence-electron chi connectivity index (χ3n) is 4.74. The zero-order valence-electron chi connectivity index (χ0n) is 15.2. The number of halogens is 2. The third-order valence-corrected chi connectivity index (χ3v) is 5.92. The van der Waals surface area contributed by atoms with Crippen LogP contribution in [0.2, 0.25) is 0 Å². The molecule has 0 heterocycles. The lowest BCUT2D eigenvalue weighted by Gasteiger charge is -2.24. The lowest BCUT2D eigenvalue weighted by molar-refractivity contribution is -0.137. The Morgan fingerprint density at radius 2 is 1.82 bits per heavy atom. The minimum absolute atomic E-state index is 0.0818. The number of carbonyl (C=O) groups excluding carboxylic acids is 1. The van der Waals surface area contributed by atoms with Gasteiger partial charge < -0.3 is 15.2 Å². The summed E-state index contributed by atoms with van der Waals surface area (Å²) >= 11 is 6.99. The van der Waals surface area contributed by atoms with Crippen molar-refractivity contribution < 1.29 is 19.4 Å². The van der Waals surface area contributed by atoms with Gasteiger partial charge in [-0.3, -0.25) is 9.59 Å². The summed E-state index contributed by atoms with van der Waals surface area (Å²) in [6.07, 6.45) is 3.61. The van der Waals surface area contributed by atoms with Crippen LogP contribution in [0.1, 0.15) is 36.8 Å². The summed E-state index contributed by atoms with van der Waals surface area (Å²) in [6.45, 7) is 0.346. The highest BCUT2D eigenvalue weighted by molar-refractivity contribution is 9.11. The van der Waals surface area contributed by atoms with Crippen molar-refractivity contribution in [2.45, 2.75) is 38.7 Å². The van der Waals surface area contributed by atoms with E-state index >= 15 is 0 Å². The van der Waals surface area contributed by atoms with Crippen molar-refractivity contribution in [3.05, 3.63) is 56.5 Å². The number of rotatable bonds is 8. The second-order valence-corrected chi connectivity index (χ2v) is 8.60. The van der Waals surface area contributed by atoms with Crippen molar-refractivity contribution in [3.63, 3.8) is 0 Å². The molecule has 0 atom stereocenters. The maximum atomic E-state index is 12.1. The highest BCUT2D eigenvalue weighted by atomic mass is 79.9. The standard InChI is InChI=1S/C21H21Br2NO4/c22-17-10-13(7-8-19(25)26)11-18(23)20(17)28-12-14-3-1-6-16(9-14)24-21(27)15-4-2-5-15/h1,3,6,9-11,15H,2,4-5,7-8,12H2,(H,24,27)(H,25,26). The van der Waals surface area contributed by atoms with Crippen molar-refractivity contribution in [3.8, 4) is 5.75 Å². The minimum Gasteiger partial charge on any atom is -0.487 e. The second-order valence-electron chi connectivity index (χ2n) is 6.89. The van der Waals surface area contributed by atoms with Gasteiger partial charge in [0.1, 0.15) is 12.4 Å². The molecule has 2 aromatic rings. The van der Waals surface area contributed by atoms with Gasteiger partial charge in [0.25, 0.3) is 0 Å². The van der Waals surface area contributed by atoms with Crippen LogP contribution in [0.3, 0.4) is 0 Å². The van der Waals surface area contributed by atoms with Gasteiger partial charge in [-0.2, -0.15) is 0 Å². The molecule has 0 bridgehead atoms. The first-order valence-electron chi connectivity index (χ1n) is 9.14. The van der Waals surface area contributed by atoms with Gasteiger partial charge >= 0.3 is 5.97 Å². The predicted octanol–water partition coefficient (Wildman–Crippen LogP) is 5.55. The van der Waals surface area contributed by atoms with E-state index in [2.05, 4.69) is 37.2 Å². The van der Waals surface area contributed by atoms with Crippen LogP contribution in [0.25, 0.3) is 0 Å². The van der Waals surface area contributed by atoms with E-state index in [9.17, 15) is 9.59 Å². The number of carboxylic acids is 1. The number of aliphatic carboxylic acids is 1. The quantitative estimate of drug-likeness (QED) is 0.488. The van der Waals surface area contributed by atoms with Crippen LogP contribution in [-0.4, -0.2) is 17.0 Å². The topological polar surface area (TPSA) is 75.6 Å². The molecule has 7 heteroatoms. The molecule has 0 unspecified atom stereocenters. The Morgan fingerprint density at radius 1 is 1.11 bits per heavy atom. The van der Waals surface area contributed by atoms with E-state index in [1.165, 1.54) is 0 Å². The molecule has 0 radical (unpaired) electrons. The van der Waals surface area contributed by atoms with Crippen molar-refractivity contribution in [1.29, 1.82) is 0 Å². The van der Waals surface area contributed by atoms with Crippen LogP contribution in [-0.2, 0) is 22.6 Å². The molecular formula is C21H21Br2NO4. The molecule has 148 valence electrons. The molecule has 1 amide bonds. The summed E-state index contributed by atoms with van der Waals surface area (Å²) in [4.78, 5) is 22.9. The first kappa shape index (κ1) is 20.9. The lowest BCUT2D eigenvalue weighted by atomic mass is 9.85. The van der Waals surface area contributed by atoms with Crippen molar-refractivity contribution in [1.82, 2.24) is 0 Å². The highest BCUT2D eigenvalue weighted by Crippen LogP contribution is 2.36. The molecule has 2 aromatic carbocycles. The van der Waals surface area contributed by atoms with Gasteiger partial charge in [-0.1, -0.05) is 18.6 Å². The number of hydrogen-bond donors (Lipinski definition) is 2. The fourth-order valence-corrected chi connectivity index (χ4v) is 4.47. The van der Waals surface area contributed by atoms with E-state index in [-0.39, 0.29) is 18.2 Å². The Balaban J connectivity index is 1.62. The number of ether oxygens (including phenoxy) is 1. The summed E-state index contributed by atoms with van der Waals surface area (Å²) in [5.41, 5.74) is 2.63. The fourth-order valence-electron chi connectivity index (χ4n) is 2.96. The molecular weight excluding hydrogens is 490 g/mol. The molecule has 28 heavy (non-hydrogen) atoms. The Labute approximate surface area is 180 Å². The van der Waals surface area contributed by atoms with Crippen LogP contribution in [0.15, 0.2) is 45.3 Å². The zero-order chi connectivity index (χ0) is 20.1. The maximum Gasteiger partial charge on any atom is 0.303 e. The average Bonchev–Trinajstić information content (AvgIpc) is 2.58. The van der Waals surface area contributed by atoms with Gasteiger partial charge in [-0.25, -0.2) is 0 Å². The average molecular weight is 511 g/mol. The van der Waals surface area contributed by atoms with Crippen LogP contribution >= 0.6 is 31.9 Å². The molecule has 1 aliphatic rings. The molecule has 0 spiro atoms. The van der Waals surface area contributed by atoms with Gasteiger partial charge in [0.05, 0.1) is 8.95 Å². The largest absolute Gasteiger partial charge is 0.487 e. The van der Waals surface area contributed by atoms with Crippen molar-refractivity contribution in [2.75, 3.05) is 5.32 Å². The number of amides is 1. The smallest absolute Gasteiger partial charge is 0.303 e. The van der Waals surface area contributed by atoms with Gasteiger partial charge in [0.2, 0.25) is 5.91 Å². The lowest BCUT2D eigenvalue weighted by Crippen LogP contribution is -2.28.